The lowest BCUT2D eigenvalue weighted by Gasteiger charge is -2.20. The van der Waals surface area contributed by atoms with Crippen LogP contribution in [-0.2, 0) is 9.47 Å². The van der Waals surface area contributed by atoms with E-state index in [-0.39, 0.29) is 0 Å². The summed E-state index contributed by atoms with van der Waals surface area (Å²) in [6.07, 6.45) is 40.2. The van der Waals surface area contributed by atoms with E-state index in [9.17, 15) is 9.59 Å². The van der Waals surface area contributed by atoms with Crippen LogP contribution in [0, 0.1) is 0 Å². The minimum Gasteiger partial charge on any atom is -0.462 e. The van der Waals surface area contributed by atoms with Gasteiger partial charge in [-0.15, -0.1) is 0 Å². The molecule has 0 aromatic heterocycles. The highest BCUT2D eigenvalue weighted by Crippen LogP contribution is 2.16. The molecule has 0 radical (unpaired) electrons. The highest BCUT2D eigenvalue weighted by Gasteiger charge is 2.19. The molecule has 6 heteroatoms. The van der Waals surface area contributed by atoms with E-state index >= 15 is 0 Å². The fourth-order valence-electron chi connectivity index (χ4n) is 7.82. The molecule has 0 bridgehead atoms. The third kappa shape index (κ3) is 30.2. The standard InChI is InChI=1S/C50H92N2O4/c1-5-9-11-13-15-17-19-21-23-25-27-29-31-35-41-51(7-3)43-37-45-55-49(53)47-39-33-34-40-48(47)50(54)56-46-38-44-52(8-4)42-36-32-30-28-26-24-22-20-18-16-14-12-10-6-2/h33-34,39-40H,5-32,35-38,41-46H2,1-4H3. The Morgan fingerprint density at radius 1 is 0.375 bits per heavy atom. The third-order valence-corrected chi connectivity index (χ3v) is 11.6. The average Bonchev–Trinajstić information content (AvgIpc) is 3.22. The predicted octanol–water partition coefficient (Wildman–Crippen LogP) is 14.4. The summed E-state index contributed by atoms with van der Waals surface area (Å²) < 4.78 is 11.3. The molecule has 0 aliphatic rings. The first-order valence-corrected chi connectivity index (χ1v) is 24.4. The van der Waals surface area contributed by atoms with E-state index in [1.54, 1.807) is 24.3 Å². The molecule has 0 spiro atoms. The first-order chi connectivity index (χ1) is 27.6. The Morgan fingerprint density at radius 2 is 0.625 bits per heavy atom. The van der Waals surface area contributed by atoms with Gasteiger partial charge < -0.3 is 19.3 Å². The monoisotopic (exact) mass is 785 g/mol. The lowest BCUT2D eigenvalue weighted by Crippen LogP contribution is -2.27. The van der Waals surface area contributed by atoms with Crippen LogP contribution in [0.5, 0.6) is 0 Å². The largest absolute Gasteiger partial charge is 0.462 e. The van der Waals surface area contributed by atoms with E-state index < -0.39 is 11.9 Å². The second-order valence-corrected chi connectivity index (χ2v) is 16.6. The number of benzene rings is 1. The van der Waals surface area contributed by atoms with Gasteiger partial charge in [0.2, 0.25) is 0 Å². The molecule has 1 rings (SSSR count). The van der Waals surface area contributed by atoms with Crippen LogP contribution >= 0.6 is 0 Å². The number of ether oxygens (including phenoxy) is 2. The molecule has 0 amide bonds. The van der Waals surface area contributed by atoms with Crippen LogP contribution in [-0.4, -0.2) is 74.2 Å². The molecule has 0 fully saturated rings. The van der Waals surface area contributed by atoms with E-state index in [1.165, 1.54) is 180 Å². The van der Waals surface area contributed by atoms with Crippen LogP contribution in [0.3, 0.4) is 0 Å². The Bertz CT molecular complexity index is 938. The topological polar surface area (TPSA) is 59.1 Å². The van der Waals surface area contributed by atoms with Gasteiger partial charge in [-0.25, -0.2) is 9.59 Å². The van der Waals surface area contributed by atoms with Crippen LogP contribution in [0.2, 0.25) is 0 Å². The molecule has 6 nitrogen and oxygen atoms in total. The highest BCUT2D eigenvalue weighted by atomic mass is 16.5. The second-order valence-electron chi connectivity index (χ2n) is 16.6. The minimum atomic E-state index is -0.446. The molecule has 0 atom stereocenters. The van der Waals surface area contributed by atoms with Crippen molar-refractivity contribution in [3.8, 4) is 0 Å². The first kappa shape index (κ1) is 52.1. The summed E-state index contributed by atoms with van der Waals surface area (Å²) in [5.41, 5.74) is 0.584. The third-order valence-electron chi connectivity index (χ3n) is 11.6. The van der Waals surface area contributed by atoms with Crippen molar-refractivity contribution in [2.24, 2.45) is 0 Å². The van der Waals surface area contributed by atoms with Crippen molar-refractivity contribution in [1.82, 2.24) is 9.80 Å². The first-order valence-electron chi connectivity index (χ1n) is 24.4. The van der Waals surface area contributed by atoms with Gasteiger partial charge in [-0.1, -0.05) is 207 Å². The maximum absolute atomic E-state index is 13.0. The average molecular weight is 785 g/mol. The van der Waals surface area contributed by atoms with E-state index in [2.05, 4.69) is 37.5 Å². The zero-order valence-electron chi connectivity index (χ0n) is 37.7. The van der Waals surface area contributed by atoms with Gasteiger partial charge in [-0.05, 0) is 64.0 Å². The Hall–Kier alpha value is -1.92. The van der Waals surface area contributed by atoms with Crippen molar-refractivity contribution in [2.45, 2.75) is 220 Å². The van der Waals surface area contributed by atoms with Crippen LogP contribution in [0.1, 0.15) is 241 Å². The van der Waals surface area contributed by atoms with Crippen LogP contribution in [0.4, 0.5) is 0 Å². The number of nitrogens with zero attached hydrogens (tertiary/aromatic N) is 2. The Labute approximate surface area is 348 Å². The molecular formula is C50H92N2O4. The molecule has 0 aliphatic carbocycles. The molecule has 1 aromatic carbocycles. The smallest absolute Gasteiger partial charge is 0.339 e. The lowest BCUT2D eigenvalue weighted by atomic mass is 10.0. The van der Waals surface area contributed by atoms with Crippen molar-refractivity contribution in [1.29, 1.82) is 0 Å². The molecular weight excluding hydrogens is 693 g/mol. The van der Waals surface area contributed by atoms with Crippen LogP contribution < -0.4 is 0 Å². The van der Waals surface area contributed by atoms with Gasteiger partial charge in [0.05, 0.1) is 24.3 Å². The molecule has 326 valence electrons. The van der Waals surface area contributed by atoms with Gasteiger partial charge in [-0.2, -0.15) is 0 Å². The number of rotatable bonds is 42. The van der Waals surface area contributed by atoms with Crippen molar-refractivity contribution >= 4 is 11.9 Å². The summed E-state index contributed by atoms with van der Waals surface area (Å²) >= 11 is 0. The van der Waals surface area contributed by atoms with Crippen molar-refractivity contribution in [3.05, 3.63) is 35.4 Å². The predicted molar refractivity (Wildman–Crippen MR) is 241 cm³/mol. The number of carbonyl (C=O) groups excluding carboxylic acids is 2. The zero-order chi connectivity index (χ0) is 40.6. The van der Waals surface area contributed by atoms with Gasteiger partial charge in [0.15, 0.2) is 0 Å². The van der Waals surface area contributed by atoms with E-state index in [1.807, 2.05) is 0 Å². The van der Waals surface area contributed by atoms with Gasteiger partial charge in [0.1, 0.15) is 0 Å². The van der Waals surface area contributed by atoms with E-state index in [4.69, 9.17) is 9.47 Å². The minimum absolute atomic E-state index is 0.292. The number of hydrogen-bond donors (Lipinski definition) is 0. The Morgan fingerprint density at radius 3 is 0.893 bits per heavy atom. The molecule has 0 unspecified atom stereocenters. The van der Waals surface area contributed by atoms with Gasteiger partial charge >= 0.3 is 11.9 Å². The van der Waals surface area contributed by atoms with Crippen LogP contribution in [0.15, 0.2) is 24.3 Å². The van der Waals surface area contributed by atoms with Gasteiger partial charge in [0.25, 0.3) is 0 Å². The fourth-order valence-corrected chi connectivity index (χ4v) is 7.82. The summed E-state index contributed by atoms with van der Waals surface area (Å²) in [6.45, 7) is 15.7. The lowest BCUT2D eigenvalue weighted by molar-refractivity contribution is 0.0441. The molecule has 0 saturated carbocycles. The Balaban J connectivity index is 2.14. The molecule has 0 heterocycles. The molecule has 56 heavy (non-hydrogen) atoms. The highest BCUT2D eigenvalue weighted by molar-refractivity contribution is 6.03. The van der Waals surface area contributed by atoms with Crippen LogP contribution in [0.25, 0.3) is 0 Å². The van der Waals surface area contributed by atoms with Gasteiger partial charge in [0, 0.05) is 13.1 Å². The normalized spacial score (nSPS) is 11.5. The van der Waals surface area contributed by atoms with Crippen molar-refractivity contribution in [3.63, 3.8) is 0 Å². The Kier molecular flexibility index (Phi) is 37.1. The summed E-state index contributed by atoms with van der Waals surface area (Å²) in [7, 11) is 0. The summed E-state index contributed by atoms with van der Waals surface area (Å²) in [4.78, 5) is 30.9. The maximum Gasteiger partial charge on any atom is 0.339 e. The van der Waals surface area contributed by atoms with E-state index in [0.29, 0.717) is 24.3 Å². The summed E-state index contributed by atoms with van der Waals surface area (Å²) in [6, 6.07) is 6.89. The molecule has 0 aliphatic heterocycles. The number of unbranched alkanes of at least 4 members (excludes halogenated alkanes) is 26. The second kappa shape index (κ2) is 39.9. The molecule has 0 saturated heterocycles. The SMILES string of the molecule is CCCCCCCCCCCCCCCCN(CC)CCCOC(=O)c1ccccc1C(=O)OCCCN(CC)CCCCCCCCCCCCCCCC. The van der Waals surface area contributed by atoms with Crippen molar-refractivity contribution < 1.29 is 19.1 Å². The summed E-state index contributed by atoms with van der Waals surface area (Å²) in [5, 5.41) is 0. The van der Waals surface area contributed by atoms with E-state index in [0.717, 1.165) is 52.1 Å². The number of esters is 2. The zero-order valence-corrected chi connectivity index (χ0v) is 37.7. The maximum atomic E-state index is 13.0. The molecule has 0 N–H and O–H groups in total. The quantitative estimate of drug-likeness (QED) is 0.0486. The number of carbonyl (C=O) groups is 2. The summed E-state index contributed by atoms with van der Waals surface area (Å²) in [5.74, 6) is -0.893. The number of hydrogen-bond acceptors (Lipinski definition) is 6. The molecule has 1 aromatic rings. The fraction of sp³-hybridized carbons (Fsp3) is 0.840. The van der Waals surface area contributed by atoms with Crippen molar-refractivity contribution in [2.75, 3.05) is 52.5 Å². The van der Waals surface area contributed by atoms with Gasteiger partial charge in [-0.3, -0.25) is 0 Å².